The van der Waals surface area contributed by atoms with E-state index in [2.05, 4.69) is 6.92 Å². The SMILES string of the molecule is CCCC1CC[C@@H]2C[C@H](c3ccc(-c4cc(F)c(OCc5ccccc5)c(F)c4)c(F)c3)CC[C@@H]2C1. The van der Waals surface area contributed by atoms with Gasteiger partial charge in [0, 0.05) is 5.56 Å². The molecule has 0 N–H and O–H groups in total. The van der Waals surface area contributed by atoms with E-state index >= 15 is 4.39 Å². The summed E-state index contributed by atoms with van der Waals surface area (Å²) in [5.41, 5.74) is 2.21. The van der Waals surface area contributed by atoms with E-state index < -0.39 is 23.2 Å². The number of hydrogen-bond donors (Lipinski definition) is 0. The molecule has 3 aromatic carbocycles. The van der Waals surface area contributed by atoms with Gasteiger partial charge in [0.2, 0.25) is 0 Å². The Morgan fingerprint density at radius 1 is 0.778 bits per heavy atom. The van der Waals surface area contributed by atoms with Crippen molar-refractivity contribution in [2.45, 2.75) is 70.8 Å². The first kappa shape index (κ1) is 24.9. The van der Waals surface area contributed by atoms with Crippen molar-refractivity contribution in [3.05, 3.63) is 89.2 Å². The second-order valence-corrected chi connectivity index (χ2v) is 10.8. The summed E-state index contributed by atoms with van der Waals surface area (Å²) in [6.45, 7) is 2.33. The van der Waals surface area contributed by atoms with Crippen LogP contribution in [0.2, 0.25) is 0 Å². The number of halogens is 3. The lowest BCUT2D eigenvalue weighted by Crippen LogP contribution is -2.30. The van der Waals surface area contributed by atoms with Crippen LogP contribution in [0.25, 0.3) is 11.1 Å². The van der Waals surface area contributed by atoms with Crippen molar-refractivity contribution in [2.24, 2.45) is 17.8 Å². The molecule has 0 aromatic heterocycles. The van der Waals surface area contributed by atoms with Gasteiger partial charge < -0.3 is 4.74 Å². The molecule has 4 atom stereocenters. The average Bonchev–Trinajstić information content (AvgIpc) is 2.88. The Labute approximate surface area is 212 Å². The first-order valence-electron chi connectivity index (χ1n) is 13.5. The molecule has 190 valence electrons. The maximum atomic E-state index is 15.2. The second kappa shape index (κ2) is 11.1. The van der Waals surface area contributed by atoms with Crippen LogP contribution in [0.1, 0.15) is 75.3 Å². The summed E-state index contributed by atoms with van der Waals surface area (Å²) in [6, 6.07) is 16.7. The number of benzene rings is 3. The lowest BCUT2D eigenvalue weighted by Gasteiger charge is -2.42. The third-order valence-corrected chi connectivity index (χ3v) is 8.42. The fraction of sp³-hybridized carbons (Fsp3) is 0.438. The van der Waals surface area contributed by atoms with Gasteiger partial charge in [0.15, 0.2) is 17.4 Å². The predicted octanol–water partition coefficient (Wildman–Crippen LogP) is 9.45. The Morgan fingerprint density at radius 2 is 1.50 bits per heavy atom. The minimum Gasteiger partial charge on any atom is -0.483 e. The normalized spacial score (nSPS) is 23.8. The Kier molecular flexibility index (Phi) is 7.69. The molecule has 4 heteroatoms. The molecule has 5 rings (SSSR count). The number of hydrogen-bond acceptors (Lipinski definition) is 1. The quantitative estimate of drug-likeness (QED) is 0.319. The van der Waals surface area contributed by atoms with E-state index in [-0.39, 0.29) is 17.7 Å². The highest BCUT2D eigenvalue weighted by atomic mass is 19.1. The zero-order valence-corrected chi connectivity index (χ0v) is 21.0. The van der Waals surface area contributed by atoms with Gasteiger partial charge >= 0.3 is 0 Å². The summed E-state index contributed by atoms with van der Waals surface area (Å²) in [5.74, 6) is 0.279. The van der Waals surface area contributed by atoms with Crippen LogP contribution < -0.4 is 4.74 Å². The van der Waals surface area contributed by atoms with Crippen LogP contribution in [-0.2, 0) is 6.61 Å². The predicted molar refractivity (Wildman–Crippen MR) is 138 cm³/mol. The summed E-state index contributed by atoms with van der Waals surface area (Å²) in [5, 5.41) is 0. The Bertz CT molecular complexity index is 1150. The fourth-order valence-corrected chi connectivity index (χ4v) is 6.56. The average molecular weight is 493 g/mol. The van der Waals surface area contributed by atoms with E-state index in [4.69, 9.17) is 4.74 Å². The molecule has 1 nitrogen and oxygen atoms in total. The molecule has 0 saturated heterocycles. The second-order valence-electron chi connectivity index (χ2n) is 10.8. The zero-order chi connectivity index (χ0) is 25.1. The van der Waals surface area contributed by atoms with Gasteiger partial charge in [-0.15, -0.1) is 0 Å². The van der Waals surface area contributed by atoms with Gasteiger partial charge in [-0.3, -0.25) is 0 Å². The highest BCUT2D eigenvalue weighted by molar-refractivity contribution is 5.66. The van der Waals surface area contributed by atoms with Crippen molar-refractivity contribution in [3.63, 3.8) is 0 Å². The van der Waals surface area contributed by atoms with Crippen molar-refractivity contribution in [1.29, 1.82) is 0 Å². The Morgan fingerprint density at radius 3 is 2.22 bits per heavy atom. The molecule has 2 aliphatic rings. The molecule has 36 heavy (non-hydrogen) atoms. The molecule has 2 aliphatic carbocycles. The summed E-state index contributed by atoms with van der Waals surface area (Å²) < 4.78 is 50.1. The molecule has 0 heterocycles. The molecular weight excluding hydrogens is 457 g/mol. The molecule has 3 aromatic rings. The molecule has 2 fully saturated rings. The highest BCUT2D eigenvalue weighted by Crippen LogP contribution is 2.48. The molecule has 0 radical (unpaired) electrons. The zero-order valence-electron chi connectivity index (χ0n) is 21.0. The van der Waals surface area contributed by atoms with E-state index in [9.17, 15) is 8.78 Å². The van der Waals surface area contributed by atoms with Gasteiger partial charge in [0.05, 0.1) is 0 Å². The summed E-state index contributed by atoms with van der Waals surface area (Å²) in [7, 11) is 0. The van der Waals surface area contributed by atoms with Crippen molar-refractivity contribution >= 4 is 0 Å². The van der Waals surface area contributed by atoms with Gasteiger partial charge in [0.25, 0.3) is 0 Å². The van der Waals surface area contributed by atoms with Gasteiger partial charge in [-0.2, -0.15) is 0 Å². The van der Waals surface area contributed by atoms with Gasteiger partial charge in [-0.25, -0.2) is 13.2 Å². The van der Waals surface area contributed by atoms with E-state index in [1.165, 1.54) is 38.5 Å². The smallest absolute Gasteiger partial charge is 0.191 e. The van der Waals surface area contributed by atoms with Gasteiger partial charge in [0.1, 0.15) is 12.4 Å². The van der Waals surface area contributed by atoms with E-state index in [1.54, 1.807) is 12.1 Å². The van der Waals surface area contributed by atoms with Crippen LogP contribution in [0, 0.1) is 35.2 Å². The highest BCUT2D eigenvalue weighted by Gasteiger charge is 2.35. The summed E-state index contributed by atoms with van der Waals surface area (Å²) in [6.07, 6.45) is 10.0. The Balaban J connectivity index is 1.28. The van der Waals surface area contributed by atoms with Crippen LogP contribution >= 0.6 is 0 Å². The summed E-state index contributed by atoms with van der Waals surface area (Å²) in [4.78, 5) is 0. The van der Waals surface area contributed by atoms with Crippen LogP contribution in [-0.4, -0.2) is 0 Å². The Hall–Kier alpha value is -2.75. The van der Waals surface area contributed by atoms with Gasteiger partial charge in [-0.1, -0.05) is 68.7 Å². The molecule has 2 saturated carbocycles. The number of ether oxygens (including phenoxy) is 1. The van der Waals surface area contributed by atoms with E-state index in [0.717, 1.165) is 53.9 Å². The van der Waals surface area contributed by atoms with Crippen LogP contribution in [0.4, 0.5) is 13.2 Å². The minimum atomic E-state index is -0.832. The summed E-state index contributed by atoms with van der Waals surface area (Å²) >= 11 is 0. The van der Waals surface area contributed by atoms with Crippen molar-refractivity contribution in [2.75, 3.05) is 0 Å². The lowest BCUT2D eigenvalue weighted by atomic mass is 9.63. The monoisotopic (exact) mass is 492 g/mol. The van der Waals surface area contributed by atoms with Crippen LogP contribution in [0.5, 0.6) is 5.75 Å². The topological polar surface area (TPSA) is 9.23 Å². The maximum Gasteiger partial charge on any atom is 0.191 e. The van der Waals surface area contributed by atoms with Crippen LogP contribution in [0.3, 0.4) is 0 Å². The number of fused-ring (bicyclic) bond motifs is 1. The third kappa shape index (κ3) is 5.48. The number of rotatable bonds is 7. The maximum absolute atomic E-state index is 15.2. The fourth-order valence-electron chi connectivity index (χ4n) is 6.56. The lowest BCUT2D eigenvalue weighted by molar-refractivity contribution is 0.114. The van der Waals surface area contributed by atoms with Crippen molar-refractivity contribution in [1.82, 2.24) is 0 Å². The van der Waals surface area contributed by atoms with E-state index in [1.807, 2.05) is 36.4 Å². The molecule has 1 unspecified atom stereocenters. The standard InChI is InChI=1S/C32H35F3O/c1-2-6-21-9-10-24-16-25(12-11-23(24)15-21)26-13-14-28(29(33)17-26)27-18-30(34)32(31(35)19-27)36-20-22-7-4-3-5-8-22/h3-5,7-8,13-14,17-19,21,23-25H,2,6,9-12,15-16,20H2,1H3/t21?,23-,24-,25-/m1/s1. The van der Waals surface area contributed by atoms with Crippen LogP contribution in [0.15, 0.2) is 60.7 Å². The van der Waals surface area contributed by atoms with Crippen molar-refractivity contribution in [3.8, 4) is 16.9 Å². The van der Waals surface area contributed by atoms with Crippen molar-refractivity contribution < 1.29 is 17.9 Å². The van der Waals surface area contributed by atoms with Gasteiger partial charge in [-0.05, 0) is 90.7 Å². The molecule has 0 amide bonds. The molecule has 0 spiro atoms. The molecule has 0 aliphatic heterocycles. The third-order valence-electron chi connectivity index (χ3n) is 8.42. The molecule has 0 bridgehead atoms. The molecular formula is C32H35F3O. The largest absolute Gasteiger partial charge is 0.483 e. The first-order valence-corrected chi connectivity index (χ1v) is 13.5. The minimum absolute atomic E-state index is 0.0551. The van der Waals surface area contributed by atoms with E-state index in [0.29, 0.717) is 5.92 Å². The first-order chi connectivity index (χ1) is 17.5.